The molecular formula is C16H14BrClN2OS. The maximum atomic E-state index is 12.2. The molecule has 114 valence electrons. The van der Waals surface area contributed by atoms with Crippen LogP contribution in [0, 0.1) is 6.92 Å². The minimum atomic E-state index is -0.231. The molecular weight excluding hydrogens is 384 g/mol. The van der Waals surface area contributed by atoms with Crippen molar-refractivity contribution in [2.75, 3.05) is 6.26 Å². The second kappa shape index (κ2) is 7.81. The number of hydrogen-bond donors (Lipinski definition) is 1. The van der Waals surface area contributed by atoms with Crippen LogP contribution < -0.4 is 5.32 Å². The van der Waals surface area contributed by atoms with Gasteiger partial charge in [-0.3, -0.25) is 4.79 Å². The van der Waals surface area contributed by atoms with Gasteiger partial charge < -0.3 is 5.32 Å². The van der Waals surface area contributed by atoms with Crippen LogP contribution in [0.3, 0.4) is 0 Å². The molecule has 2 rings (SSSR count). The van der Waals surface area contributed by atoms with Crippen molar-refractivity contribution in [3.05, 3.63) is 63.1 Å². The average molecular weight is 398 g/mol. The number of aryl methyl sites for hydroxylation is 1. The summed E-state index contributed by atoms with van der Waals surface area (Å²) in [6.45, 7) is 1.97. The third-order valence-corrected chi connectivity index (χ3v) is 4.19. The molecule has 6 heteroatoms. The van der Waals surface area contributed by atoms with Gasteiger partial charge in [0.05, 0.1) is 5.69 Å². The monoisotopic (exact) mass is 396 g/mol. The van der Waals surface area contributed by atoms with Crippen molar-refractivity contribution < 1.29 is 4.79 Å². The molecule has 0 heterocycles. The Morgan fingerprint density at radius 2 is 2.05 bits per heavy atom. The molecule has 3 nitrogen and oxygen atoms in total. The first kappa shape index (κ1) is 17.1. The van der Waals surface area contributed by atoms with Crippen LogP contribution in [-0.2, 0) is 0 Å². The Bertz CT molecular complexity index is 734. The van der Waals surface area contributed by atoms with Gasteiger partial charge in [0.15, 0.2) is 5.17 Å². The molecule has 2 aromatic carbocycles. The summed E-state index contributed by atoms with van der Waals surface area (Å²) in [5.74, 6) is -0.231. The number of nitrogens with one attached hydrogen (secondary N) is 1. The molecule has 0 aromatic heterocycles. The summed E-state index contributed by atoms with van der Waals surface area (Å²) in [6.07, 6.45) is 1.87. The van der Waals surface area contributed by atoms with Crippen molar-refractivity contribution in [1.29, 1.82) is 0 Å². The van der Waals surface area contributed by atoms with Crippen LogP contribution in [0.25, 0.3) is 0 Å². The number of benzene rings is 2. The zero-order chi connectivity index (χ0) is 16.1. The van der Waals surface area contributed by atoms with Crippen molar-refractivity contribution in [1.82, 2.24) is 5.32 Å². The highest BCUT2D eigenvalue weighted by Crippen LogP contribution is 2.23. The van der Waals surface area contributed by atoms with Gasteiger partial charge in [-0.2, -0.15) is 0 Å². The van der Waals surface area contributed by atoms with E-state index in [9.17, 15) is 4.79 Å². The van der Waals surface area contributed by atoms with E-state index in [4.69, 9.17) is 11.6 Å². The highest BCUT2D eigenvalue weighted by Gasteiger charge is 2.09. The van der Waals surface area contributed by atoms with E-state index in [-0.39, 0.29) is 5.91 Å². The molecule has 0 bridgehead atoms. The number of carbonyl (C=O) groups excluding carboxylic acids is 1. The molecule has 1 amide bonds. The van der Waals surface area contributed by atoms with Gasteiger partial charge in [0.25, 0.3) is 5.91 Å². The van der Waals surface area contributed by atoms with E-state index in [2.05, 4.69) is 26.2 Å². The Morgan fingerprint density at radius 1 is 1.27 bits per heavy atom. The summed E-state index contributed by atoms with van der Waals surface area (Å²) in [6, 6.07) is 12.6. The molecule has 0 atom stereocenters. The molecule has 1 N–H and O–H groups in total. The largest absolute Gasteiger partial charge is 0.301 e. The highest BCUT2D eigenvalue weighted by molar-refractivity contribution is 9.10. The van der Waals surface area contributed by atoms with Crippen molar-refractivity contribution >= 4 is 56.1 Å². The van der Waals surface area contributed by atoms with Gasteiger partial charge >= 0.3 is 0 Å². The minimum absolute atomic E-state index is 0.231. The van der Waals surface area contributed by atoms with Gasteiger partial charge in [0.2, 0.25) is 0 Å². The Morgan fingerprint density at radius 3 is 2.68 bits per heavy atom. The third kappa shape index (κ3) is 4.60. The van der Waals surface area contributed by atoms with Gasteiger partial charge in [-0.1, -0.05) is 45.4 Å². The Kier molecular flexibility index (Phi) is 6.06. The Hall–Kier alpha value is -1.30. The maximum Gasteiger partial charge on any atom is 0.257 e. The average Bonchev–Trinajstić information content (AvgIpc) is 2.49. The summed E-state index contributed by atoms with van der Waals surface area (Å²) in [7, 11) is 0. The molecule has 0 aliphatic heterocycles. The molecule has 0 aliphatic carbocycles. The molecule has 0 saturated carbocycles. The van der Waals surface area contributed by atoms with Crippen LogP contribution in [0.2, 0.25) is 5.02 Å². The van der Waals surface area contributed by atoms with Crippen LogP contribution in [0.5, 0.6) is 0 Å². The summed E-state index contributed by atoms with van der Waals surface area (Å²) in [5.41, 5.74) is 2.35. The molecule has 0 spiro atoms. The molecule has 0 aliphatic rings. The second-order valence-corrected chi connectivity index (χ2v) is 6.66. The van der Waals surface area contributed by atoms with Crippen molar-refractivity contribution in [2.45, 2.75) is 6.92 Å². The highest BCUT2D eigenvalue weighted by atomic mass is 79.9. The fourth-order valence-electron chi connectivity index (χ4n) is 1.78. The second-order valence-electron chi connectivity index (χ2n) is 4.52. The number of hydrogen-bond acceptors (Lipinski definition) is 3. The lowest BCUT2D eigenvalue weighted by molar-refractivity contribution is 0.0978. The summed E-state index contributed by atoms with van der Waals surface area (Å²) in [5, 5.41) is 3.87. The number of carbonyl (C=O) groups is 1. The summed E-state index contributed by atoms with van der Waals surface area (Å²) >= 11 is 10.7. The van der Waals surface area contributed by atoms with Gasteiger partial charge in [-0.05, 0) is 55.1 Å². The fourth-order valence-corrected chi connectivity index (χ4v) is 2.83. The first-order valence-electron chi connectivity index (χ1n) is 6.45. The van der Waals surface area contributed by atoms with Crippen LogP contribution in [-0.4, -0.2) is 17.3 Å². The predicted molar refractivity (Wildman–Crippen MR) is 98.4 cm³/mol. The lowest BCUT2D eigenvalue weighted by Gasteiger charge is -2.08. The topological polar surface area (TPSA) is 41.5 Å². The zero-order valence-electron chi connectivity index (χ0n) is 12.1. The molecule has 0 unspecified atom stereocenters. The van der Waals surface area contributed by atoms with Gasteiger partial charge in [0, 0.05) is 15.1 Å². The lowest BCUT2D eigenvalue weighted by Crippen LogP contribution is -2.28. The third-order valence-electron chi connectivity index (χ3n) is 2.88. The van der Waals surface area contributed by atoms with E-state index < -0.39 is 0 Å². The quantitative estimate of drug-likeness (QED) is 0.559. The maximum absolute atomic E-state index is 12.2. The van der Waals surface area contributed by atoms with Gasteiger partial charge in [-0.15, -0.1) is 0 Å². The van der Waals surface area contributed by atoms with E-state index in [1.165, 1.54) is 11.8 Å². The Balaban J connectivity index is 2.21. The van der Waals surface area contributed by atoms with Crippen molar-refractivity contribution in [3.8, 4) is 0 Å². The summed E-state index contributed by atoms with van der Waals surface area (Å²) < 4.78 is 0.998. The first-order valence-corrected chi connectivity index (χ1v) is 8.85. The van der Waals surface area contributed by atoms with Crippen LogP contribution in [0.15, 0.2) is 51.9 Å². The lowest BCUT2D eigenvalue weighted by atomic mass is 10.2. The number of amides is 1. The number of amidine groups is 1. The standard InChI is InChI=1S/C16H14BrClN2OS/c1-10-8-12(17)6-7-14(10)19-16(22-2)20-15(21)11-4-3-5-13(18)9-11/h3-9H,1-2H3,(H,19,20,21). The van der Waals surface area contributed by atoms with E-state index >= 15 is 0 Å². The number of rotatable bonds is 2. The SMILES string of the molecule is CSC(=Nc1ccc(Br)cc1C)NC(=O)c1cccc(Cl)c1. The van der Waals surface area contributed by atoms with E-state index in [0.29, 0.717) is 15.8 Å². The van der Waals surface area contributed by atoms with Gasteiger partial charge in [-0.25, -0.2) is 4.99 Å². The zero-order valence-corrected chi connectivity index (χ0v) is 15.2. The van der Waals surface area contributed by atoms with Crippen LogP contribution >= 0.6 is 39.3 Å². The number of thioether (sulfide) groups is 1. The molecule has 22 heavy (non-hydrogen) atoms. The van der Waals surface area contributed by atoms with Crippen molar-refractivity contribution in [2.24, 2.45) is 4.99 Å². The molecule has 0 fully saturated rings. The number of nitrogens with zero attached hydrogens (tertiary/aromatic N) is 1. The number of aliphatic imine (C=N–C) groups is 1. The normalized spacial score (nSPS) is 11.4. The van der Waals surface area contributed by atoms with E-state index in [1.54, 1.807) is 24.3 Å². The first-order chi connectivity index (χ1) is 10.5. The van der Waals surface area contributed by atoms with Crippen molar-refractivity contribution in [3.63, 3.8) is 0 Å². The van der Waals surface area contributed by atoms with Crippen LogP contribution in [0.4, 0.5) is 5.69 Å². The minimum Gasteiger partial charge on any atom is -0.301 e. The molecule has 2 aromatic rings. The molecule has 0 saturated heterocycles. The predicted octanol–water partition coefficient (Wildman–Crippen LogP) is 5.19. The van der Waals surface area contributed by atoms with E-state index in [1.807, 2.05) is 31.4 Å². The van der Waals surface area contributed by atoms with Gasteiger partial charge in [0.1, 0.15) is 0 Å². The molecule has 0 radical (unpaired) electrons. The Labute approximate surface area is 147 Å². The fraction of sp³-hybridized carbons (Fsp3) is 0.125. The smallest absolute Gasteiger partial charge is 0.257 e. The summed E-state index contributed by atoms with van der Waals surface area (Å²) in [4.78, 5) is 16.7. The number of halogens is 2. The van der Waals surface area contributed by atoms with E-state index in [0.717, 1.165) is 15.7 Å². The van der Waals surface area contributed by atoms with Crippen LogP contribution in [0.1, 0.15) is 15.9 Å².